The van der Waals surface area contributed by atoms with Crippen LogP contribution in [0.15, 0.2) is 23.2 Å². The van der Waals surface area contributed by atoms with Crippen LogP contribution in [0.5, 0.6) is 0 Å². The van der Waals surface area contributed by atoms with Gasteiger partial charge < -0.3 is 10.2 Å². The van der Waals surface area contributed by atoms with Crippen LogP contribution in [0.25, 0.3) is 0 Å². The van der Waals surface area contributed by atoms with Crippen LogP contribution in [0.1, 0.15) is 27.6 Å². The second kappa shape index (κ2) is 4.36. The van der Waals surface area contributed by atoms with E-state index in [0.29, 0.717) is 0 Å². The summed E-state index contributed by atoms with van der Waals surface area (Å²) < 4.78 is 0. The lowest BCUT2D eigenvalue weighted by Crippen LogP contribution is -2.01. The summed E-state index contributed by atoms with van der Waals surface area (Å²) in [5.74, 6) is -2.24. The summed E-state index contributed by atoms with van der Waals surface area (Å²) in [4.78, 5) is 25.2. The fraction of sp³-hybridized carbons (Fsp3) is 0.100. The number of nitrogens with zero attached hydrogens (tertiary/aromatic N) is 1. The Morgan fingerprint density at radius 2 is 1.93 bits per heavy atom. The lowest BCUT2D eigenvalue weighted by molar-refractivity contribution is 0.0682. The molecule has 0 aliphatic rings. The van der Waals surface area contributed by atoms with E-state index in [9.17, 15) is 9.59 Å². The zero-order chi connectivity index (χ0) is 11.4. The van der Waals surface area contributed by atoms with E-state index >= 15 is 0 Å². The van der Waals surface area contributed by atoms with Crippen LogP contribution in [0.2, 0.25) is 0 Å². The molecule has 0 spiro atoms. The first-order chi connectivity index (χ1) is 7.06. The Balaban J connectivity index is 3.32. The maximum absolute atomic E-state index is 10.8. The van der Waals surface area contributed by atoms with E-state index in [2.05, 4.69) is 4.99 Å². The lowest BCUT2D eigenvalue weighted by atomic mass is 10.1. The first kappa shape index (κ1) is 10.9. The maximum atomic E-state index is 10.8. The van der Waals surface area contributed by atoms with Crippen molar-refractivity contribution in [2.24, 2.45) is 4.99 Å². The van der Waals surface area contributed by atoms with E-state index in [1.807, 2.05) is 0 Å². The topological polar surface area (TPSA) is 87.0 Å². The van der Waals surface area contributed by atoms with Gasteiger partial charge in [0.15, 0.2) is 0 Å². The highest BCUT2D eigenvalue weighted by Gasteiger charge is 2.12. The molecule has 0 radical (unpaired) electrons. The van der Waals surface area contributed by atoms with Crippen LogP contribution < -0.4 is 0 Å². The van der Waals surface area contributed by atoms with E-state index in [-0.39, 0.29) is 16.8 Å². The van der Waals surface area contributed by atoms with E-state index < -0.39 is 11.9 Å². The minimum Gasteiger partial charge on any atom is -0.478 e. The number of hydrogen-bond acceptors (Lipinski definition) is 3. The standard InChI is InChI=1S/C10H9NO4/c1-2-11-8-5-6(9(12)13)3-4-7(8)10(14)15/h2-5H,1H3,(H,12,13)(H,14,15)/b11-2+. The molecule has 0 saturated heterocycles. The average Bonchev–Trinajstić information content (AvgIpc) is 2.17. The Labute approximate surface area is 85.7 Å². The van der Waals surface area contributed by atoms with E-state index in [1.165, 1.54) is 24.4 Å². The summed E-state index contributed by atoms with van der Waals surface area (Å²) in [6.07, 6.45) is 1.41. The van der Waals surface area contributed by atoms with Gasteiger partial charge in [0.25, 0.3) is 0 Å². The predicted molar refractivity (Wildman–Crippen MR) is 54.2 cm³/mol. The SMILES string of the molecule is C/C=N/c1cc(C(=O)O)ccc1C(=O)O. The number of hydrogen-bond donors (Lipinski definition) is 2. The monoisotopic (exact) mass is 207 g/mol. The molecule has 5 heteroatoms. The minimum absolute atomic E-state index is 0.0144. The maximum Gasteiger partial charge on any atom is 0.337 e. The van der Waals surface area contributed by atoms with Gasteiger partial charge in [-0.1, -0.05) is 0 Å². The largest absolute Gasteiger partial charge is 0.478 e. The summed E-state index contributed by atoms with van der Waals surface area (Å²) in [6.45, 7) is 1.62. The van der Waals surface area contributed by atoms with Crippen molar-refractivity contribution in [1.29, 1.82) is 0 Å². The van der Waals surface area contributed by atoms with Crippen LogP contribution in [0.3, 0.4) is 0 Å². The zero-order valence-electron chi connectivity index (χ0n) is 7.97. The Kier molecular flexibility index (Phi) is 3.17. The molecule has 78 valence electrons. The van der Waals surface area contributed by atoms with Gasteiger partial charge >= 0.3 is 11.9 Å². The smallest absolute Gasteiger partial charge is 0.337 e. The molecule has 0 atom stereocenters. The van der Waals surface area contributed by atoms with Crippen molar-refractivity contribution in [3.63, 3.8) is 0 Å². The average molecular weight is 207 g/mol. The molecule has 0 amide bonds. The highest BCUT2D eigenvalue weighted by Crippen LogP contribution is 2.20. The van der Waals surface area contributed by atoms with E-state index in [4.69, 9.17) is 10.2 Å². The molecule has 0 heterocycles. The normalized spacial score (nSPS) is 10.5. The van der Waals surface area contributed by atoms with Gasteiger partial charge in [0.1, 0.15) is 0 Å². The number of aliphatic imine (C=N–C) groups is 1. The third-order valence-electron chi connectivity index (χ3n) is 1.74. The quantitative estimate of drug-likeness (QED) is 0.740. The molecule has 1 aromatic rings. The van der Waals surface area contributed by atoms with E-state index in [0.717, 1.165) is 0 Å². The Morgan fingerprint density at radius 1 is 1.27 bits per heavy atom. The molecule has 5 nitrogen and oxygen atoms in total. The Morgan fingerprint density at radius 3 is 2.40 bits per heavy atom. The Bertz CT molecular complexity index is 437. The predicted octanol–water partition coefficient (Wildman–Crippen LogP) is 1.81. The molecule has 15 heavy (non-hydrogen) atoms. The van der Waals surface area contributed by atoms with Crippen LogP contribution in [0, 0.1) is 0 Å². The summed E-state index contributed by atoms with van der Waals surface area (Å²) in [7, 11) is 0. The first-order valence-electron chi connectivity index (χ1n) is 4.15. The van der Waals surface area contributed by atoms with Gasteiger partial charge in [-0.15, -0.1) is 0 Å². The highest BCUT2D eigenvalue weighted by atomic mass is 16.4. The Hall–Kier alpha value is -2.17. The number of carbonyl (C=O) groups is 2. The van der Waals surface area contributed by atoms with Gasteiger partial charge in [-0.05, 0) is 25.1 Å². The number of carboxylic acids is 2. The zero-order valence-corrected chi connectivity index (χ0v) is 7.97. The highest BCUT2D eigenvalue weighted by molar-refractivity contribution is 5.97. The van der Waals surface area contributed by atoms with Crippen molar-refractivity contribution < 1.29 is 19.8 Å². The first-order valence-corrected chi connectivity index (χ1v) is 4.15. The number of benzene rings is 1. The third kappa shape index (κ3) is 2.40. The third-order valence-corrected chi connectivity index (χ3v) is 1.74. The summed E-state index contributed by atoms with van der Waals surface area (Å²) in [5, 5.41) is 17.5. The summed E-state index contributed by atoms with van der Waals surface area (Å²) in [5.41, 5.74) is 0.142. The van der Waals surface area contributed by atoms with Gasteiger partial charge in [0, 0.05) is 6.21 Å². The molecular weight excluding hydrogens is 198 g/mol. The molecule has 1 aromatic carbocycles. The molecule has 0 aromatic heterocycles. The molecule has 2 N–H and O–H groups in total. The van der Waals surface area contributed by atoms with Gasteiger partial charge in [-0.25, -0.2) is 9.59 Å². The molecule has 1 rings (SSSR count). The van der Waals surface area contributed by atoms with Gasteiger partial charge in [-0.2, -0.15) is 0 Å². The van der Waals surface area contributed by atoms with Crippen molar-refractivity contribution in [2.75, 3.05) is 0 Å². The lowest BCUT2D eigenvalue weighted by Gasteiger charge is -2.01. The number of aromatic carboxylic acids is 2. The van der Waals surface area contributed by atoms with Crippen LogP contribution in [-0.2, 0) is 0 Å². The van der Waals surface area contributed by atoms with Crippen molar-refractivity contribution in [3.05, 3.63) is 29.3 Å². The molecule has 0 aliphatic carbocycles. The second-order valence-electron chi connectivity index (χ2n) is 2.73. The van der Waals surface area contributed by atoms with Crippen molar-refractivity contribution in [2.45, 2.75) is 6.92 Å². The minimum atomic E-state index is -1.13. The molecule has 0 fully saturated rings. The molecule has 0 saturated carbocycles. The van der Waals surface area contributed by atoms with Crippen LogP contribution in [0.4, 0.5) is 5.69 Å². The summed E-state index contributed by atoms with van der Waals surface area (Å²) >= 11 is 0. The number of rotatable bonds is 3. The van der Waals surface area contributed by atoms with Crippen LogP contribution >= 0.6 is 0 Å². The van der Waals surface area contributed by atoms with Crippen molar-refractivity contribution >= 4 is 23.8 Å². The van der Waals surface area contributed by atoms with Crippen molar-refractivity contribution in [1.82, 2.24) is 0 Å². The van der Waals surface area contributed by atoms with Gasteiger partial charge in [0.2, 0.25) is 0 Å². The van der Waals surface area contributed by atoms with E-state index in [1.54, 1.807) is 6.92 Å². The molecular formula is C10H9NO4. The fourth-order valence-corrected chi connectivity index (χ4v) is 1.09. The van der Waals surface area contributed by atoms with Gasteiger partial charge in [0.05, 0.1) is 16.8 Å². The fourth-order valence-electron chi connectivity index (χ4n) is 1.09. The van der Waals surface area contributed by atoms with Crippen molar-refractivity contribution in [3.8, 4) is 0 Å². The number of carboxylic acid groups (broad SMARTS) is 2. The summed E-state index contributed by atoms with van der Waals surface area (Å²) in [6, 6.07) is 3.69. The second-order valence-corrected chi connectivity index (χ2v) is 2.73. The molecule has 0 aliphatic heterocycles. The van der Waals surface area contributed by atoms with Gasteiger partial charge in [-0.3, -0.25) is 4.99 Å². The molecule has 0 unspecified atom stereocenters. The van der Waals surface area contributed by atoms with Crippen LogP contribution in [-0.4, -0.2) is 28.4 Å². The molecule has 0 bridgehead atoms.